The second-order valence-corrected chi connectivity index (χ2v) is 25.6. The van der Waals surface area contributed by atoms with E-state index in [1.807, 2.05) is 75.4 Å². The van der Waals surface area contributed by atoms with E-state index < -0.39 is 13.3 Å². The van der Waals surface area contributed by atoms with Crippen LogP contribution in [-0.4, -0.2) is 23.2 Å². The van der Waals surface area contributed by atoms with Gasteiger partial charge in [0.25, 0.3) is 0 Å². The first-order chi connectivity index (χ1) is 21.1. The predicted octanol–water partition coefficient (Wildman–Crippen LogP) is 10.6. The van der Waals surface area contributed by atoms with Crippen LogP contribution in [0.2, 0.25) is 17.3 Å². The number of pyridine rings is 2. The summed E-state index contributed by atoms with van der Waals surface area (Å²) in [4.78, 5) is 9.00. The smallest absolute Gasteiger partial charge is 0.143 e. The Labute approximate surface area is 289 Å². The summed E-state index contributed by atoms with van der Waals surface area (Å²) < 4.78 is 21.7. The maximum atomic E-state index is 14.2. The van der Waals surface area contributed by atoms with Crippen molar-refractivity contribution in [3.8, 4) is 22.5 Å². The van der Waals surface area contributed by atoms with Crippen molar-refractivity contribution >= 4 is 39.6 Å². The molecule has 3 aromatic carbocycles. The van der Waals surface area contributed by atoms with E-state index in [1.54, 1.807) is 6.07 Å². The Bertz CT molecular complexity index is 1950. The largest absolute Gasteiger partial charge is 0.501 e. The molecule has 0 atom stereocenters. The molecule has 3 aromatic heterocycles. The van der Waals surface area contributed by atoms with Gasteiger partial charge in [0.1, 0.15) is 11.4 Å². The van der Waals surface area contributed by atoms with Gasteiger partial charge in [0, 0.05) is 25.5 Å². The Balaban J connectivity index is 0.000000207. The Morgan fingerprint density at radius 3 is 2.13 bits per heavy atom. The second-order valence-electron chi connectivity index (χ2n) is 15.0. The fourth-order valence-corrected chi connectivity index (χ4v) is 8.93. The number of aromatic nitrogens is 2. The molecule has 6 heteroatoms. The molecule has 0 fully saturated rings. The molecule has 6 rings (SSSR count). The van der Waals surface area contributed by atoms with Crippen molar-refractivity contribution in [1.82, 2.24) is 9.97 Å². The molecule has 241 valence electrons. The van der Waals surface area contributed by atoms with Crippen LogP contribution >= 0.6 is 0 Å². The Morgan fingerprint density at radius 2 is 1.48 bits per heavy atom. The molecule has 0 spiro atoms. The first-order valence-corrected chi connectivity index (χ1v) is 22.9. The molecule has 0 unspecified atom stereocenters. The van der Waals surface area contributed by atoms with Crippen LogP contribution in [0.3, 0.4) is 0 Å². The Morgan fingerprint density at radius 1 is 0.783 bits per heavy atom. The van der Waals surface area contributed by atoms with Crippen molar-refractivity contribution in [3.63, 3.8) is 0 Å². The molecule has 0 bridgehead atoms. The maximum absolute atomic E-state index is 14.2. The van der Waals surface area contributed by atoms with E-state index in [1.165, 1.54) is 16.2 Å². The molecule has 1 radical (unpaired) electrons. The summed E-state index contributed by atoms with van der Waals surface area (Å²) in [5.41, 5.74) is 7.23. The SMILES string of the molecule is CC(C)(C)Cc1cc(-c2[c-]cccc2)nc[c]1[Ge]([CH3])([CH3])[CH3].CC(C)(C)c1cc(-c2[c-]ccc3c2oc2ccccc23)ncc1F.[Ir]. The molecule has 0 N–H and O–H groups in total. The number of hydrogen-bond donors (Lipinski definition) is 0. The van der Waals surface area contributed by atoms with E-state index in [9.17, 15) is 4.39 Å². The van der Waals surface area contributed by atoms with Crippen LogP contribution < -0.4 is 4.40 Å². The minimum Gasteiger partial charge on any atom is -0.501 e. The average molecular weight is 852 g/mol. The van der Waals surface area contributed by atoms with E-state index in [2.05, 4.69) is 73.5 Å². The first kappa shape index (κ1) is 35.7. The van der Waals surface area contributed by atoms with Crippen LogP contribution in [0, 0.1) is 23.4 Å². The minimum atomic E-state index is -1.90. The predicted molar refractivity (Wildman–Crippen MR) is 189 cm³/mol. The molecule has 0 aliphatic rings. The summed E-state index contributed by atoms with van der Waals surface area (Å²) >= 11 is -1.90. The topological polar surface area (TPSA) is 38.9 Å². The van der Waals surface area contributed by atoms with Crippen LogP contribution in [0.4, 0.5) is 4.39 Å². The van der Waals surface area contributed by atoms with E-state index in [0.29, 0.717) is 16.7 Å². The molecule has 3 heterocycles. The van der Waals surface area contributed by atoms with Gasteiger partial charge in [-0.3, -0.25) is 0 Å². The minimum absolute atomic E-state index is 0. The third kappa shape index (κ3) is 8.23. The van der Waals surface area contributed by atoms with Gasteiger partial charge in [-0.05, 0) is 22.7 Å². The van der Waals surface area contributed by atoms with Crippen molar-refractivity contribution in [2.75, 3.05) is 0 Å². The van der Waals surface area contributed by atoms with Crippen LogP contribution in [0.25, 0.3) is 44.5 Å². The molecule has 46 heavy (non-hydrogen) atoms. The first-order valence-electron chi connectivity index (χ1n) is 15.6. The number of para-hydroxylation sites is 1. The van der Waals surface area contributed by atoms with E-state index in [4.69, 9.17) is 9.40 Å². The van der Waals surface area contributed by atoms with Crippen LogP contribution in [0.15, 0.2) is 89.6 Å². The van der Waals surface area contributed by atoms with E-state index in [0.717, 1.165) is 45.2 Å². The van der Waals surface area contributed by atoms with Gasteiger partial charge in [-0.15, -0.1) is 18.2 Å². The zero-order chi connectivity index (χ0) is 32.6. The van der Waals surface area contributed by atoms with Gasteiger partial charge in [0.05, 0.1) is 11.8 Å². The number of rotatable bonds is 4. The zero-order valence-electron chi connectivity index (χ0n) is 28.3. The van der Waals surface area contributed by atoms with Crippen molar-refractivity contribution < 1.29 is 28.9 Å². The molecule has 0 aliphatic heterocycles. The molecular weight excluding hydrogens is 808 g/mol. The second kappa shape index (κ2) is 13.9. The summed E-state index contributed by atoms with van der Waals surface area (Å²) in [5.74, 6) is 7.04. The molecule has 0 saturated heterocycles. The van der Waals surface area contributed by atoms with Crippen molar-refractivity contribution in [3.05, 3.63) is 114 Å². The Kier molecular flexibility index (Phi) is 10.8. The summed E-state index contributed by atoms with van der Waals surface area (Å²) in [6.45, 7) is 12.9. The molecule has 3 nitrogen and oxygen atoms in total. The fraction of sp³-hybridized carbons (Fsp3) is 0.300. The van der Waals surface area contributed by atoms with Gasteiger partial charge >= 0.3 is 132 Å². The van der Waals surface area contributed by atoms with Crippen molar-refractivity contribution in [2.45, 2.75) is 70.6 Å². The van der Waals surface area contributed by atoms with Gasteiger partial charge in [-0.1, -0.05) is 56.0 Å². The molecular formula is C40H43FGeIrN2O-2. The summed E-state index contributed by atoms with van der Waals surface area (Å²) in [7, 11) is 0. The average Bonchev–Trinajstić information content (AvgIpc) is 3.35. The number of furan rings is 1. The quantitative estimate of drug-likeness (QED) is 0.131. The monoisotopic (exact) mass is 853 g/mol. The number of nitrogens with zero attached hydrogens (tertiary/aromatic N) is 2. The number of halogens is 1. The van der Waals surface area contributed by atoms with Crippen molar-refractivity contribution in [2.24, 2.45) is 5.41 Å². The van der Waals surface area contributed by atoms with Crippen LogP contribution in [-0.2, 0) is 31.9 Å². The van der Waals surface area contributed by atoms with Crippen molar-refractivity contribution in [1.29, 1.82) is 0 Å². The van der Waals surface area contributed by atoms with Gasteiger partial charge in [0.15, 0.2) is 0 Å². The normalized spacial score (nSPS) is 12.0. The van der Waals surface area contributed by atoms with Gasteiger partial charge in [-0.25, -0.2) is 4.39 Å². The molecule has 0 saturated carbocycles. The number of hydrogen-bond acceptors (Lipinski definition) is 3. The van der Waals surface area contributed by atoms with E-state index in [-0.39, 0.29) is 31.3 Å². The zero-order valence-corrected chi connectivity index (χ0v) is 32.8. The number of fused-ring (bicyclic) bond motifs is 3. The number of benzene rings is 3. The summed E-state index contributed by atoms with van der Waals surface area (Å²) in [5, 5.41) is 2.07. The molecule has 0 amide bonds. The third-order valence-corrected chi connectivity index (χ3v) is 12.1. The molecule has 0 aliphatic carbocycles. The van der Waals surface area contributed by atoms with Gasteiger partial charge < -0.3 is 9.40 Å². The van der Waals surface area contributed by atoms with Gasteiger partial charge in [-0.2, -0.15) is 0 Å². The summed E-state index contributed by atoms with van der Waals surface area (Å²) in [6, 6.07) is 30.4. The van der Waals surface area contributed by atoms with E-state index >= 15 is 0 Å². The standard InChI is InChI=1S/C21H17FNO.C19H26GeN.Ir/c1-21(2,3)16-11-18(23-12-17(16)22)15-9-6-8-14-13-7-4-5-10-19(13)24-20(14)15;1-19(2,3)13-16-12-18(15-10-8-7-9-11-15)21-14-17(16)20(4,5)6;/h4-8,10-12H,1-3H3;7-10,12,14H,13H2,1-6H3;/q2*-1;. The van der Waals surface area contributed by atoms with Gasteiger partial charge in [0.2, 0.25) is 0 Å². The third-order valence-electron chi connectivity index (χ3n) is 7.76. The summed E-state index contributed by atoms with van der Waals surface area (Å²) in [6.07, 6.45) is 4.52. The Hall–Kier alpha value is -3.12. The van der Waals surface area contributed by atoms with Crippen LogP contribution in [0.1, 0.15) is 52.7 Å². The fourth-order valence-electron chi connectivity index (χ4n) is 5.62. The maximum Gasteiger partial charge on any atom is 0.143 e. The van der Waals surface area contributed by atoms with Crippen LogP contribution in [0.5, 0.6) is 0 Å². The molecule has 6 aromatic rings.